The van der Waals surface area contributed by atoms with Crippen LogP contribution >= 0.6 is 22.6 Å². The van der Waals surface area contributed by atoms with Crippen LogP contribution < -0.4 is 0 Å². The fraction of sp³-hybridized carbons (Fsp3) is 0.0870. The number of nitrogens with zero attached hydrogens (tertiary/aromatic N) is 2. The maximum absolute atomic E-state index is 13.6. The second kappa shape index (κ2) is 8.36. The van der Waals surface area contributed by atoms with Crippen LogP contribution in [0.15, 0.2) is 83.9 Å². The fourth-order valence-corrected chi connectivity index (χ4v) is 4.87. The summed E-state index contributed by atoms with van der Waals surface area (Å²) in [6, 6.07) is 19.2. The third-order valence-electron chi connectivity index (χ3n) is 4.88. The lowest BCUT2D eigenvalue weighted by Gasteiger charge is -2.16. The lowest BCUT2D eigenvalue weighted by molar-refractivity contribution is -0.137. The SMILES string of the molecule is CS(=O)(=O)c1cc(-c2ccccc2)ccc1-n1cc(I)nc1-c1ccccc1C(F)(F)F. The summed E-state index contributed by atoms with van der Waals surface area (Å²) in [5.74, 6) is 0.0136. The van der Waals surface area contributed by atoms with E-state index in [1.807, 2.05) is 52.9 Å². The second-order valence-corrected chi connectivity index (χ2v) is 10.2. The summed E-state index contributed by atoms with van der Waals surface area (Å²) in [5, 5.41) is 0. The van der Waals surface area contributed by atoms with Crippen LogP contribution in [0.25, 0.3) is 28.2 Å². The zero-order valence-corrected chi connectivity index (χ0v) is 19.6. The van der Waals surface area contributed by atoms with E-state index in [4.69, 9.17) is 0 Å². The molecule has 1 heterocycles. The monoisotopic (exact) mass is 568 g/mol. The molecule has 4 rings (SSSR count). The van der Waals surface area contributed by atoms with Crippen LogP contribution in [0.3, 0.4) is 0 Å². The van der Waals surface area contributed by atoms with Gasteiger partial charge in [0.1, 0.15) is 9.53 Å². The van der Waals surface area contributed by atoms with Gasteiger partial charge in [-0.2, -0.15) is 13.2 Å². The summed E-state index contributed by atoms with van der Waals surface area (Å²) < 4.78 is 68.1. The third kappa shape index (κ3) is 4.44. The highest BCUT2D eigenvalue weighted by Crippen LogP contribution is 2.38. The van der Waals surface area contributed by atoms with Crippen LogP contribution in [-0.4, -0.2) is 24.2 Å². The van der Waals surface area contributed by atoms with Crippen molar-refractivity contribution in [3.05, 3.63) is 88.3 Å². The number of halogens is 4. The number of rotatable bonds is 4. The first-order valence-corrected chi connectivity index (χ1v) is 12.3. The Labute approximate surface area is 196 Å². The molecule has 0 atom stereocenters. The molecule has 4 nitrogen and oxygen atoms in total. The molecule has 4 aromatic rings. The number of benzene rings is 3. The topological polar surface area (TPSA) is 52.0 Å². The summed E-state index contributed by atoms with van der Waals surface area (Å²) in [6.45, 7) is 0. The van der Waals surface area contributed by atoms with Gasteiger partial charge in [0.25, 0.3) is 0 Å². The van der Waals surface area contributed by atoms with Gasteiger partial charge in [0.15, 0.2) is 9.84 Å². The summed E-state index contributed by atoms with van der Waals surface area (Å²) in [5.41, 5.74) is 0.766. The molecule has 164 valence electrons. The third-order valence-corrected chi connectivity index (χ3v) is 6.52. The van der Waals surface area contributed by atoms with Crippen LogP contribution in [0.5, 0.6) is 0 Å². The van der Waals surface area contributed by atoms with Gasteiger partial charge in [0.2, 0.25) is 0 Å². The molecule has 0 bridgehead atoms. The summed E-state index contributed by atoms with van der Waals surface area (Å²) >= 11 is 1.90. The largest absolute Gasteiger partial charge is 0.417 e. The number of alkyl halides is 3. The first-order chi connectivity index (χ1) is 15.1. The van der Waals surface area contributed by atoms with E-state index in [1.54, 1.807) is 12.1 Å². The van der Waals surface area contributed by atoms with Crippen molar-refractivity contribution in [2.45, 2.75) is 11.1 Å². The Morgan fingerprint density at radius 1 is 0.906 bits per heavy atom. The zero-order chi connectivity index (χ0) is 23.1. The Bertz CT molecular complexity index is 1400. The minimum atomic E-state index is -4.59. The molecule has 0 spiro atoms. The molecule has 0 N–H and O–H groups in total. The van der Waals surface area contributed by atoms with Crippen molar-refractivity contribution in [2.24, 2.45) is 0 Å². The van der Waals surface area contributed by atoms with Crippen LogP contribution in [0.2, 0.25) is 0 Å². The van der Waals surface area contributed by atoms with E-state index in [-0.39, 0.29) is 22.0 Å². The molecule has 0 fully saturated rings. The average Bonchev–Trinajstić information content (AvgIpc) is 3.14. The highest BCUT2D eigenvalue weighted by Gasteiger charge is 2.35. The van der Waals surface area contributed by atoms with Gasteiger partial charge >= 0.3 is 6.18 Å². The van der Waals surface area contributed by atoms with E-state index in [9.17, 15) is 21.6 Å². The number of imidazole rings is 1. The number of hydrogen-bond donors (Lipinski definition) is 0. The molecule has 1 aromatic heterocycles. The van der Waals surface area contributed by atoms with Gasteiger partial charge in [-0.05, 0) is 51.9 Å². The normalized spacial score (nSPS) is 12.2. The van der Waals surface area contributed by atoms with Crippen LogP contribution in [0, 0.1) is 3.70 Å². The van der Waals surface area contributed by atoms with Gasteiger partial charge in [-0.25, -0.2) is 13.4 Å². The van der Waals surface area contributed by atoms with E-state index in [1.165, 1.54) is 35.0 Å². The molecule has 0 radical (unpaired) electrons. The molecule has 0 aliphatic rings. The highest BCUT2D eigenvalue weighted by atomic mass is 127. The molecule has 9 heteroatoms. The maximum atomic E-state index is 13.6. The summed E-state index contributed by atoms with van der Waals surface area (Å²) in [4.78, 5) is 4.29. The number of sulfone groups is 1. The van der Waals surface area contributed by atoms with Crippen molar-refractivity contribution in [3.63, 3.8) is 0 Å². The highest BCUT2D eigenvalue weighted by molar-refractivity contribution is 14.1. The molecular formula is C23H16F3IN2O2S. The van der Waals surface area contributed by atoms with Gasteiger partial charge in [-0.3, -0.25) is 4.57 Å². The van der Waals surface area contributed by atoms with E-state index in [0.29, 0.717) is 9.26 Å². The maximum Gasteiger partial charge on any atom is 0.417 e. The molecular weight excluding hydrogens is 552 g/mol. The zero-order valence-electron chi connectivity index (χ0n) is 16.6. The van der Waals surface area contributed by atoms with Gasteiger partial charge < -0.3 is 0 Å². The fourth-order valence-electron chi connectivity index (χ4n) is 3.47. The van der Waals surface area contributed by atoms with Gasteiger partial charge in [-0.15, -0.1) is 0 Å². The minimum Gasteiger partial charge on any atom is -0.297 e. The molecule has 0 saturated carbocycles. The van der Waals surface area contributed by atoms with Crippen LogP contribution in [-0.2, 0) is 16.0 Å². The van der Waals surface area contributed by atoms with Crippen molar-refractivity contribution in [1.82, 2.24) is 9.55 Å². The molecule has 3 aromatic carbocycles. The summed E-state index contributed by atoms with van der Waals surface area (Å²) in [6.07, 6.45) is -1.99. The molecule has 0 saturated heterocycles. The van der Waals surface area contributed by atoms with E-state index in [2.05, 4.69) is 4.98 Å². The Balaban J connectivity index is 1.97. The lowest BCUT2D eigenvalue weighted by Crippen LogP contribution is -2.10. The van der Waals surface area contributed by atoms with Crippen molar-refractivity contribution < 1.29 is 21.6 Å². The molecule has 0 aliphatic carbocycles. The standard InChI is InChI=1S/C23H16F3IN2O2S/c1-32(30,31)20-13-16(15-7-3-2-4-8-15)11-12-19(20)29-14-21(27)28-22(29)17-9-5-6-10-18(17)23(24,25)26/h2-14H,1H3. The molecule has 0 aliphatic heterocycles. The molecule has 32 heavy (non-hydrogen) atoms. The quantitative estimate of drug-likeness (QED) is 0.274. The Hall–Kier alpha value is -2.66. The van der Waals surface area contributed by atoms with E-state index < -0.39 is 21.6 Å². The second-order valence-electron chi connectivity index (χ2n) is 7.12. The van der Waals surface area contributed by atoms with Crippen LogP contribution in [0.4, 0.5) is 13.2 Å². The predicted octanol–water partition coefficient (Wildman–Crippen LogP) is 6.23. The van der Waals surface area contributed by atoms with Gasteiger partial charge in [0.05, 0.1) is 16.1 Å². The first kappa shape index (κ1) is 22.5. The van der Waals surface area contributed by atoms with Crippen molar-refractivity contribution in [3.8, 4) is 28.2 Å². The van der Waals surface area contributed by atoms with Crippen LogP contribution in [0.1, 0.15) is 5.56 Å². The van der Waals surface area contributed by atoms with Gasteiger partial charge in [-0.1, -0.05) is 54.6 Å². The Morgan fingerprint density at radius 3 is 2.22 bits per heavy atom. The van der Waals surface area contributed by atoms with Crippen molar-refractivity contribution >= 4 is 32.4 Å². The van der Waals surface area contributed by atoms with E-state index >= 15 is 0 Å². The van der Waals surface area contributed by atoms with Crippen molar-refractivity contribution in [1.29, 1.82) is 0 Å². The molecule has 0 unspecified atom stereocenters. The average molecular weight is 568 g/mol. The number of hydrogen-bond acceptors (Lipinski definition) is 3. The smallest absolute Gasteiger partial charge is 0.297 e. The lowest BCUT2D eigenvalue weighted by atomic mass is 10.0. The van der Waals surface area contributed by atoms with Crippen molar-refractivity contribution in [2.75, 3.05) is 6.26 Å². The Morgan fingerprint density at radius 2 is 1.56 bits per heavy atom. The first-order valence-electron chi connectivity index (χ1n) is 9.37. The Kier molecular flexibility index (Phi) is 5.89. The van der Waals surface area contributed by atoms with E-state index in [0.717, 1.165) is 17.9 Å². The predicted molar refractivity (Wildman–Crippen MR) is 125 cm³/mol. The van der Waals surface area contributed by atoms with Gasteiger partial charge in [0, 0.05) is 18.0 Å². The number of aromatic nitrogens is 2. The summed E-state index contributed by atoms with van der Waals surface area (Å²) in [7, 11) is -3.71. The minimum absolute atomic E-state index is 0.00149. The molecule has 0 amide bonds.